The van der Waals surface area contributed by atoms with Crippen LogP contribution < -0.4 is 0 Å². The zero-order valence-corrected chi connectivity index (χ0v) is 10.4. The SMILES string of the molecule is CCCCCCCCCC(O)CC(C)O. The van der Waals surface area contributed by atoms with Crippen LogP contribution in [0.5, 0.6) is 0 Å². The second-order valence-corrected chi connectivity index (χ2v) is 4.65. The minimum absolute atomic E-state index is 0.305. The molecule has 2 heteroatoms. The Labute approximate surface area is 94.7 Å². The van der Waals surface area contributed by atoms with Crippen molar-refractivity contribution in [2.45, 2.75) is 83.8 Å². The summed E-state index contributed by atoms with van der Waals surface area (Å²) in [5, 5.41) is 18.6. The molecular formula is C13H28O2. The molecule has 0 aromatic carbocycles. The van der Waals surface area contributed by atoms with Gasteiger partial charge < -0.3 is 10.2 Å². The van der Waals surface area contributed by atoms with Crippen molar-refractivity contribution in [1.82, 2.24) is 0 Å². The van der Waals surface area contributed by atoms with Gasteiger partial charge in [-0.25, -0.2) is 0 Å². The van der Waals surface area contributed by atoms with Crippen LogP contribution in [0.25, 0.3) is 0 Å². The molecule has 0 rings (SSSR count). The molecule has 2 nitrogen and oxygen atoms in total. The first kappa shape index (κ1) is 14.9. The van der Waals surface area contributed by atoms with Crippen molar-refractivity contribution in [3.63, 3.8) is 0 Å². The quantitative estimate of drug-likeness (QED) is 0.550. The Morgan fingerprint density at radius 2 is 1.40 bits per heavy atom. The number of aliphatic hydroxyl groups is 2. The number of hydrogen-bond donors (Lipinski definition) is 2. The van der Waals surface area contributed by atoms with Crippen LogP contribution >= 0.6 is 0 Å². The second-order valence-electron chi connectivity index (χ2n) is 4.65. The van der Waals surface area contributed by atoms with Gasteiger partial charge in [-0.05, 0) is 19.8 Å². The van der Waals surface area contributed by atoms with Crippen molar-refractivity contribution < 1.29 is 10.2 Å². The predicted molar refractivity (Wildman–Crippen MR) is 64.9 cm³/mol. The standard InChI is InChI=1S/C13H28O2/c1-3-4-5-6-7-8-9-10-13(15)11-12(2)14/h12-15H,3-11H2,1-2H3. The molecule has 0 heterocycles. The molecule has 2 atom stereocenters. The van der Waals surface area contributed by atoms with E-state index in [1.807, 2.05) is 0 Å². The maximum Gasteiger partial charge on any atom is 0.0564 e. The molecule has 15 heavy (non-hydrogen) atoms. The fraction of sp³-hybridized carbons (Fsp3) is 1.00. The summed E-state index contributed by atoms with van der Waals surface area (Å²) < 4.78 is 0. The Bertz CT molecular complexity index is 124. The molecule has 0 aliphatic heterocycles. The number of hydrogen-bond acceptors (Lipinski definition) is 2. The Morgan fingerprint density at radius 3 is 1.93 bits per heavy atom. The van der Waals surface area contributed by atoms with Crippen molar-refractivity contribution in [3.05, 3.63) is 0 Å². The zero-order valence-electron chi connectivity index (χ0n) is 10.4. The summed E-state index contributed by atoms with van der Waals surface area (Å²) in [5.74, 6) is 0. The molecule has 0 radical (unpaired) electrons. The molecule has 92 valence electrons. The van der Waals surface area contributed by atoms with E-state index in [9.17, 15) is 5.11 Å². The van der Waals surface area contributed by atoms with Gasteiger partial charge in [0.25, 0.3) is 0 Å². The van der Waals surface area contributed by atoms with Gasteiger partial charge in [-0.1, -0.05) is 51.9 Å². The summed E-state index contributed by atoms with van der Waals surface area (Å²) in [7, 11) is 0. The van der Waals surface area contributed by atoms with Gasteiger partial charge in [0.05, 0.1) is 12.2 Å². The second kappa shape index (κ2) is 10.4. The zero-order chi connectivity index (χ0) is 11.5. The number of rotatable bonds is 10. The van der Waals surface area contributed by atoms with Crippen molar-refractivity contribution in [1.29, 1.82) is 0 Å². The normalized spacial score (nSPS) is 15.2. The Hall–Kier alpha value is -0.0800. The summed E-state index contributed by atoms with van der Waals surface area (Å²) in [6, 6.07) is 0. The third-order valence-corrected chi connectivity index (χ3v) is 2.75. The molecular weight excluding hydrogens is 188 g/mol. The topological polar surface area (TPSA) is 40.5 Å². The van der Waals surface area contributed by atoms with Gasteiger partial charge in [-0.15, -0.1) is 0 Å². The highest BCUT2D eigenvalue weighted by Crippen LogP contribution is 2.11. The summed E-state index contributed by atoms with van der Waals surface area (Å²) in [4.78, 5) is 0. The summed E-state index contributed by atoms with van der Waals surface area (Å²) in [6.07, 6.45) is 9.65. The lowest BCUT2D eigenvalue weighted by Gasteiger charge is -2.11. The highest BCUT2D eigenvalue weighted by Gasteiger charge is 2.06. The van der Waals surface area contributed by atoms with Gasteiger partial charge in [-0.2, -0.15) is 0 Å². The van der Waals surface area contributed by atoms with E-state index in [1.165, 1.54) is 38.5 Å². The first-order valence-electron chi connectivity index (χ1n) is 6.53. The summed E-state index contributed by atoms with van der Waals surface area (Å²) >= 11 is 0. The van der Waals surface area contributed by atoms with Crippen LogP contribution in [0.3, 0.4) is 0 Å². The number of aliphatic hydroxyl groups excluding tert-OH is 2. The Balaban J connectivity index is 3.09. The van der Waals surface area contributed by atoms with Gasteiger partial charge >= 0.3 is 0 Å². The molecule has 0 aliphatic carbocycles. The fourth-order valence-corrected chi connectivity index (χ4v) is 1.85. The molecule has 0 aromatic heterocycles. The molecule has 0 bridgehead atoms. The van der Waals surface area contributed by atoms with E-state index in [0.29, 0.717) is 6.42 Å². The Kier molecular flexibility index (Phi) is 10.4. The fourth-order valence-electron chi connectivity index (χ4n) is 1.85. The highest BCUT2D eigenvalue weighted by molar-refractivity contribution is 4.59. The maximum absolute atomic E-state index is 9.50. The van der Waals surface area contributed by atoms with Gasteiger partial charge in [0.2, 0.25) is 0 Å². The monoisotopic (exact) mass is 216 g/mol. The van der Waals surface area contributed by atoms with Gasteiger partial charge in [-0.3, -0.25) is 0 Å². The van der Waals surface area contributed by atoms with E-state index >= 15 is 0 Å². The van der Waals surface area contributed by atoms with E-state index in [1.54, 1.807) is 6.92 Å². The minimum Gasteiger partial charge on any atom is -0.393 e. The van der Waals surface area contributed by atoms with Crippen LogP contribution in [0, 0.1) is 0 Å². The molecule has 2 unspecified atom stereocenters. The molecule has 0 spiro atoms. The van der Waals surface area contributed by atoms with Crippen LogP contribution in [0.1, 0.15) is 71.6 Å². The van der Waals surface area contributed by atoms with Crippen LogP contribution in [0.2, 0.25) is 0 Å². The molecule has 0 aliphatic rings. The summed E-state index contributed by atoms with van der Waals surface area (Å²) in [5.41, 5.74) is 0. The molecule has 0 fully saturated rings. The van der Waals surface area contributed by atoms with E-state index in [0.717, 1.165) is 12.8 Å². The lowest BCUT2D eigenvalue weighted by molar-refractivity contribution is 0.0834. The van der Waals surface area contributed by atoms with E-state index in [4.69, 9.17) is 5.11 Å². The van der Waals surface area contributed by atoms with Gasteiger partial charge in [0, 0.05) is 0 Å². The molecule has 2 N–H and O–H groups in total. The van der Waals surface area contributed by atoms with Crippen molar-refractivity contribution in [2.24, 2.45) is 0 Å². The van der Waals surface area contributed by atoms with Gasteiger partial charge in [0.15, 0.2) is 0 Å². The molecule has 0 saturated carbocycles. The van der Waals surface area contributed by atoms with Crippen molar-refractivity contribution in [3.8, 4) is 0 Å². The number of unbranched alkanes of at least 4 members (excludes halogenated alkanes) is 6. The first-order valence-corrected chi connectivity index (χ1v) is 6.53. The van der Waals surface area contributed by atoms with E-state index in [-0.39, 0.29) is 12.2 Å². The average molecular weight is 216 g/mol. The van der Waals surface area contributed by atoms with Crippen molar-refractivity contribution >= 4 is 0 Å². The van der Waals surface area contributed by atoms with E-state index < -0.39 is 0 Å². The molecule has 0 aromatic rings. The van der Waals surface area contributed by atoms with Gasteiger partial charge in [0.1, 0.15) is 0 Å². The first-order chi connectivity index (χ1) is 7.16. The smallest absolute Gasteiger partial charge is 0.0564 e. The van der Waals surface area contributed by atoms with E-state index in [2.05, 4.69) is 6.92 Å². The lowest BCUT2D eigenvalue weighted by atomic mass is 10.0. The third kappa shape index (κ3) is 11.8. The molecule has 0 saturated heterocycles. The molecule has 0 amide bonds. The largest absolute Gasteiger partial charge is 0.393 e. The minimum atomic E-state index is -0.371. The average Bonchev–Trinajstić information content (AvgIpc) is 2.15. The Morgan fingerprint density at radius 1 is 0.867 bits per heavy atom. The van der Waals surface area contributed by atoms with Crippen LogP contribution in [0.15, 0.2) is 0 Å². The van der Waals surface area contributed by atoms with Crippen LogP contribution in [-0.4, -0.2) is 22.4 Å². The highest BCUT2D eigenvalue weighted by atomic mass is 16.3. The third-order valence-electron chi connectivity index (χ3n) is 2.75. The van der Waals surface area contributed by atoms with Crippen LogP contribution in [-0.2, 0) is 0 Å². The predicted octanol–water partition coefficient (Wildman–Crippen LogP) is 3.26. The summed E-state index contributed by atoms with van der Waals surface area (Å²) in [6.45, 7) is 3.96. The lowest BCUT2D eigenvalue weighted by Crippen LogP contribution is -2.14. The van der Waals surface area contributed by atoms with Crippen LogP contribution in [0.4, 0.5) is 0 Å². The van der Waals surface area contributed by atoms with Crippen molar-refractivity contribution in [2.75, 3.05) is 0 Å². The maximum atomic E-state index is 9.50.